The van der Waals surface area contributed by atoms with Gasteiger partial charge in [0.25, 0.3) is 20.2 Å². The third-order valence-corrected chi connectivity index (χ3v) is 10.1. The van der Waals surface area contributed by atoms with Gasteiger partial charge in [0.15, 0.2) is 0 Å². The smallest absolute Gasteiger partial charge is 0.303 e. The van der Waals surface area contributed by atoms with E-state index in [-0.39, 0.29) is 22.6 Å². The molecule has 0 unspecified atom stereocenters. The molecule has 0 aliphatic carbocycles. The number of carboxylic acids is 2. The molecular weight excluding hydrogens is 673 g/mol. The van der Waals surface area contributed by atoms with E-state index in [0.29, 0.717) is 62.6 Å². The number of carboxylic acid groups (broad SMARTS) is 2. The maximum atomic E-state index is 12.0. The molecule has 1 aromatic heterocycles. The predicted molar refractivity (Wildman–Crippen MR) is 187 cm³/mol. The van der Waals surface area contributed by atoms with Gasteiger partial charge >= 0.3 is 11.9 Å². The maximum Gasteiger partial charge on any atom is 0.303 e. The lowest BCUT2D eigenvalue weighted by Gasteiger charge is -2.02. The van der Waals surface area contributed by atoms with E-state index >= 15 is 0 Å². The topological polar surface area (TPSA) is 191 Å². The summed E-state index contributed by atoms with van der Waals surface area (Å²) in [6, 6.07) is 8.84. The van der Waals surface area contributed by atoms with E-state index in [1.54, 1.807) is 12.1 Å². The number of rotatable bonds is 16. The van der Waals surface area contributed by atoms with Crippen LogP contribution >= 0.6 is 0 Å². The second-order valence-corrected chi connectivity index (χ2v) is 14.5. The van der Waals surface area contributed by atoms with Crippen molar-refractivity contribution in [2.45, 2.75) is 81.5 Å². The van der Waals surface area contributed by atoms with E-state index in [4.69, 9.17) is 10.2 Å². The van der Waals surface area contributed by atoms with E-state index in [1.165, 1.54) is 24.3 Å². The van der Waals surface area contributed by atoms with E-state index in [2.05, 4.69) is 0 Å². The van der Waals surface area contributed by atoms with E-state index in [0.717, 1.165) is 33.1 Å². The number of benzene rings is 2. The lowest BCUT2D eigenvalue weighted by Crippen LogP contribution is -2.28. The summed E-state index contributed by atoms with van der Waals surface area (Å²) in [5.74, 6) is -1.76. The summed E-state index contributed by atoms with van der Waals surface area (Å²) in [5.41, 5.74) is 3.63. The monoisotopic (exact) mass is 713 g/mol. The van der Waals surface area contributed by atoms with Crippen LogP contribution in [0.3, 0.4) is 0 Å². The third-order valence-electron chi connectivity index (χ3n) is 8.35. The van der Waals surface area contributed by atoms with Crippen molar-refractivity contribution in [1.29, 1.82) is 0 Å². The maximum absolute atomic E-state index is 12.0. The van der Waals surface area contributed by atoms with Crippen molar-refractivity contribution in [3.05, 3.63) is 70.8 Å². The Morgan fingerprint density at radius 3 is 1.98 bits per heavy atom. The summed E-state index contributed by atoms with van der Waals surface area (Å²) < 4.78 is 71.6. The molecule has 1 aliphatic heterocycles. The van der Waals surface area contributed by atoms with Crippen molar-refractivity contribution in [3.63, 3.8) is 0 Å². The Morgan fingerprint density at radius 2 is 1.41 bits per heavy atom. The molecule has 0 radical (unpaired) electrons. The fourth-order valence-corrected chi connectivity index (χ4v) is 7.13. The first-order chi connectivity index (χ1) is 23.2. The molecule has 0 saturated heterocycles. The molecule has 0 fully saturated rings. The molecule has 1 aliphatic rings. The Morgan fingerprint density at radius 1 is 0.816 bits per heavy atom. The molecule has 262 valence electrons. The van der Waals surface area contributed by atoms with Gasteiger partial charge in [0.05, 0.1) is 20.9 Å². The Labute approximate surface area is 285 Å². The molecule has 14 heteroatoms. The molecule has 2 aromatic carbocycles. The number of aryl methyl sites for hydroxylation is 1. The molecule has 0 saturated carbocycles. The summed E-state index contributed by atoms with van der Waals surface area (Å²) in [7, 11) is -8.94. The number of nitrogens with zero attached hydrogens (tertiary/aromatic N) is 2. The minimum atomic E-state index is -4.47. The first-order valence-corrected chi connectivity index (χ1v) is 18.9. The molecule has 0 atom stereocenters. The van der Waals surface area contributed by atoms with Crippen LogP contribution in [-0.4, -0.2) is 69.5 Å². The molecule has 0 spiro atoms. The van der Waals surface area contributed by atoms with Crippen LogP contribution in [0.4, 0.5) is 5.69 Å². The molecule has 2 heterocycles. The van der Waals surface area contributed by atoms with Gasteiger partial charge in [0, 0.05) is 53.0 Å². The first kappa shape index (κ1) is 37.4. The van der Waals surface area contributed by atoms with Crippen LogP contribution in [-0.2, 0) is 36.4 Å². The highest BCUT2D eigenvalue weighted by molar-refractivity contribution is 7.86. The SMILES string of the molecule is CCn1c(=C/C=C/C2=[N+](CC)c3ccc(S(=O)(=O)O)cc3/C2=C\CCCCC(=O)O)/c(=C/CCCCC(=O)O)c2cc(S(=O)(=O)O)ccc21. The van der Waals surface area contributed by atoms with Gasteiger partial charge < -0.3 is 14.8 Å². The third kappa shape index (κ3) is 9.01. The number of aromatic nitrogens is 1. The normalized spacial score (nSPS) is 15.3. The van der Waals surface area contributed by atoms with Crippen LogP contribution in [0.5, 0.6) is 0 Å². The number of hydrogen-bond acceptors (Lipinski definition) is 6. The van der Waals surface area contributed by atoms with Gasteiger partial charge in [-0.1, -0.05) is 18.2 Å². The second kappa shape index (κ2) is 15.9. The Kier molecular flexibility index (Phi) is 12.1. The summed E-state index contributed by atoms with van der Waals surface area (Å²) in [6.45, 7) is 4.98. The quantitative estimate of drug-likeness (QED) is 0.0914. The van der Waals surface area contributed by atoms with Crippen LogP contribution in [0.1, 0.15) is 70.8 Å². The van der Waals surface area contributed by atoms with Crippen molar-refractivity contribution in [1.82, 2.24) is 4.57 Å². The van der Waals surface area contributed by atoms with Crippen LogP contribution in [0, 0.1) is 0 Å². The molecular formula is C35H41N2O10S2+. The van der Waals surface area contributed by atoms with E-state index in [9.17, 15) is 35.5 Å². The molecule has 0 bridgehead atoms. The van der Waals surface area contributed by atoms with Gasteiger partial charge in [-0.2, -0.15) is 21.4 Å². The van der Waals surface area contributed by atoms with Crippen molar-refractivity contribution in [2.75, 3.05) is 6.54 Å². The Hall–Kier alpha value is -4.37. The number of aliphatic carboxylic acids is 2. The lowest BCUT2D eigenvalue weighted by atomic mass is 10.00. The number of allylic oxidation sites excluding steroid dienone is 4. The van der Waals surface area contributed by atoms with E-state index in [1.807, 2.05) is 53.4 Å². The number of fused-ring (bicyclic) bond motifs is 2. The fraction of sp³-hybridized carbons (Fsp3) is 0.343. The minimum Gasteiger partial charge on any atom is -0.481 e. The zero-order valence-electron chi connectivity index (χ0n) is 27.4. The predicted octanol–water partition coefficient (Wildman–Crippen LogP) is 4.76. The molecule has 49 heavy (non-hydrogen) atoms. The lowest BCUT2D eigenvalue weighted by molar-refractivity contribution is -0.431. The summed E-state index contributed by atoms with van der Waals surface area (Å²) in [5, 5.41) is 20.2. The summed E-state index contributed by atoms with van der Waals surface area (Å²) in [6.07, 6.45) is 12.8. The standard InChI is InChI=1S/C35H40N2O10S2/c1-3-36-30(26(12-7-5-9-16-34(38)39)28-22-24(48(42,43)44)18-20-32(28)36)14-11-15-31-27(13-8-6-10-17-35(40)41)29-23-25(49(45,46)47)19-21-33(29)37(31)4-2/h11-15,18-23H,3-10,16-17H2,1-2H3,(H3-,38,39,40,41,42,43,44,45,46,47)/p+1/b26-12+,27-13+. The van der Waals surface area contributed by atoms with Crippen LogP contribution < -0.4 is 10.6 Å². The highest BCUT2D eigenvalue weighted by Crippen LogP contribution is 2.37. The molecule has 4 N–H and O–H groups in total. The number of carbonyl (C=O) groups is 2. The summed E-state index contributed by atoms with van der Waals surface area (Å²) >= 11 is 0. The van der Waals surface area contributed by atoms with Gasteiger partial charge in [0.2, 0.25) is 11.4 Å². The summed E-state index contributed by atoms with van der Waals surface area (Å²) in [4.78, 5) is 21.5. The highest BCUT2D eigenvalue weighted by Gasteiger charge is 2.33. The zero-order chi connectivity index (χ0) is 35.9. The molecule has 3 aromatic rings. The van der Waals surface area contributed by atoms with Crippen molar-refractivity contribution < 1.29 is 50.3 Å². The van der Waals surface area contributed by atoms with Crippen LogP contribution in [0.2, 0.25) is 0 Å². The molecule has 0 amide bonds. The average molecular weight is 714 g/mol. The fourth-order valence-electron chi connectivity index (χ4n) is 6.11. The second-order valence-electron chi connectivity index (χ2n) is 11.6. The van der Waals surface area contributed by atoms with E-state index < -0.39 is 32.2 Å². The minimum absolute atomic E-state index is 0.0370. The van der Waals surface area contributed by atoms with Crippen LogP contribution in [0.15, 0.2) is 64.4 Å². The molecule has 12 nitrogen and oxygen atoms in total. The largest absolute Gasteiger partial charge is 0.481 e. The van der Waals surface area contributed by atoms with Crippen molar-refractivity contribution in [3.8, 4) is 0 Å². The van der Waals surface area contributed by atoms with Gasteiger partial charge in [-0.25, -0.2) is 0 Å². The van der Waals surface area contributed by atoms with Gasteiger partial charge in [0.1, 0.15) is 6.54 Å². The number of unbranched alkanes of at least 4 members (excludes halogenated alkanes) is 4. The van der Waals surface area contributed by atoms with Crippen LogP contribution in [0.25, 0.3) is 28.6 Å². The van der Waals surface area contributed by atoms with Crippen molar-refractivity contribution in [2.24, 2.45) is 0 Å². The Balaban J connectivity index is 1.87. The van der Waals surface area contributed by atoms with Crippen molar-refractivity contribution >= 4 is 72.2 Å². The van der Waals surface area contributed by atoms with Gasteiger partial charge in [-0.05, 0) is 88.8 Å². The molecule has 4 rings (SSSR count). The van der Waals surface area contributed by atoms with Gasteiger partial charge in [-0.3, -0.25) is 18.7 Å². The zero-order valence-corrected chi connectivity index (χ0v) is 29.0. The van der Waals surface area contributed by atoms with Gasteiger partial charge in [-0.15, -0.1) is 0 Å². The Bertz CT molecular complexity index is 2210. The number of hydrogen-bond donors (Lipinski definition) is 4. The first-order valence-electron chi connectivity index (χ1n) is 16.1. The average Bonchev–Trinajstić information content (AvgIpc) is 3.49. The highest BCUT2D eigenvalue weighted by atomic mass is 32.2.